The van der Waals surface area contributed by atoms with E-state index in [-0.39, 0.29) is 18.1 Å². The maximum atomic E-state index is 12.3. The molecular formula is C19H25N3O3S. The third kappa shape index (κ3) is 5.57. The van der Waals surface area contributed by atoms with Gasteiger partial charge in [0.05, 0.1) is 11.4 Å². The molecule has 26 heavy (non-hydrogen) atoms. The number of nitrogens with one attached hydrogen (secondary N) is 2. The van der Waals surface area contributed by atoms with Crippen LogP contribution < -0.4 is 15.8 Å². The molecule has 0 fully saturated rings. The lowest BCUT2D eigenvalue weighted by atomic mass is 10.0. The van der Waals surface area contributed by atoms with Crippen LogP contribution in [0.15, 0.2) is 48.5 Å². The summed E-state index contributed by atoms with van der Waals surface area (Å²) in [7, 11) is -3.39. The van der Waals surface area contributed by atoms with Crippen molar-refractivity contribution in [1.29, 1.82) is 0 Å². The first kappa shape index (κ1) is 19.9. The maximum absolute atomic E-state index is 12.3. The molecule has 0 saturated heterocycles. The van der Waals surface area contributed by atoms with Crippen molar-refractivity contribution >= 4 is 27.3 Å². The minimum Gasteiger partial charge on any atom is -0.326 e. The fourth-order valence-corrected chi connectivity index (χ4v) is 3.78. The van der Waals surface area contributed by atoms with Gasteiger partial charge in [0.15, 0.2) is 0 Å². The lowest BCUT2D eigenvalue weighted by Crippen LogP contribution is -2.21. The summed E-state index contributed by atoms with van der Waals surface area (Å²) >= 11 is 0. The van der Waals surface area contributed by atoms with Crippen LogP contribution in [0.1, 0.15) is 36.9 Å². The number of nitrogens with two attached hydrogens (primary N) is 1. The molecular weight excluding hydrogens is 350 g/mol. The second-order valence-electron chi connectivity index (χ2n) is 6.17. The molecule has 6 nitrogen and oxygen atoms in total. The Labute approximate surface area is 154 Å². The average Bonchev–Trinajstić information content (AvgIpc) is 2.59. The quantitative estimate of drug-likeness (QED) is 0.659. The molecule has 1 unspecified atom stereocenters. The van der Waals surface area contributed by atoms with E-state index in [1.807, 2.05) is 30.3 Å². The Kier molecular flexibility index (Phi) is 6.76. The molecule has 4 N–H and O–H groups in total. The van der Waals surface area contributed by atoms with Crippen LogP contribution >= 0.6 is 0 Å². The molecule has 1 amide bonds. The number of hydrogen-bond acceptors (Lipinski definition) is 4. The summed E-state index contributed by atoms with van der Waals surface area (Å²) in [5.41, 5.74) is 8.66. The van der Waals surface area contributed by atoms with Crippen LogP contribution in [0.25, 0.3) is 0 Å². The van der Waals surface area contributed by atoms with Crippen LogP contribution in [-0.4, -0.2) is 20.1 Å². The van der Waals surface area contributed by atoms with Gasteiger partial charge in [-0.2, -0.15) is 0 Å². The Bertz CT molecular complexity index is 852. The van der Waals surface area contributed by atoms with Crippen molar-refractivity contribution in [3.05, 3.63) is 59.7 Å². The van der Waals surface area contributed by atoms with E-state index in [2.05, 4.69) is 10.0 Å². The SMILES string of the molecule is CCCS(=O)(=O)Nc1cccc(NC(=O)CC(N)c2ccccc2)c1C. The molecule has 0 radical (unpaired) electrons. The molecule has 0 bridgehead atoms. The third-order valence-electron chi connectivity index (χ3n) is 3.98. The number of carbonyl (C=O) groups excluding carboxylic acids is 1. The molecule has 0 aliphatic rings. The number of amides is 1. The third-order valence-corrected chi connectivity index (χ3v) is 5.46. The summed E-state index contributed by atoms with van der Waals surface area (Å²) in [6, 6.07) is 14.1. The number of benzene rings is 2. The molecule has 7 heteroatoms. The molecule has 0 heterocycles. The van der Waals surface area contributed by atoms with Gasteiger partial charge in [0.2, 0.25) is 15.9 Å². The number of rotatable bonds is 8. The van der Waals surface area contributed by atoms with Gasteiger partial charge < -0.3 is 11.1 Å². The Morgan fingerprint density at radius 3 is 2.38 bits per heavy atom. The zero-order valence-electron chi connectivity index (χ0n) is 15.0. The summed E-state index contributed by atoms with van der Waals surface area (Å²) in [4.78, 5) is 12.3. The predicted molar refractivity (Wildman–Crippen MR) is 105 cm³/mol. The van der Waals surface area contributed by atoms with Gasteiger partial charge in [-0.1, -0.05) is 43.3 Å². The van der Waals surface area contributed by atoms with Crippen LogP contribution in [-0.2, 0) is 14.8 Å². The first-order valence-electron chi connectivity index (χ1n) is 8.53. The average molecular weight is 375 g/mol. The standard InChI is InChI=1S/C19H25N3O3S/c1-3-12-26(24,25)22-18-11-7-10-17(14(18)2)21-19(23)13-16(20)15-8-5-4-6-9-15/h4-11,16,22H,3,12-13,20H2,1-2H3,(H,21,23). The Morgan fingerprint density at radius 2 is 1.73 bits per heavy atom. The van der Waals surface area contributed by atoms with E-state index < -0.39 is 16.1 Å². The second-order valence-corrected chi connectivity index (χ2v) is 8.01. The van der Waals surface area contributed by atoms with Gasteiger partial charge in [-0.3, -0.25) is 9.52 Å². The lowest BCUT2D eigenvalue weighted by Gasteiger charge is -2.16. The number of anilines is 2. The van der Waals surface area contributed by atoms with Crippen molar-refractivity contribution in [1.82, 2.24) is 0 Å². The number of carbonyl (C=O) groups is 1. The van der Waals surface area contributed by atoms with E-state index in [0.717, 1.165) is 5.56 Å². The topological polar surface area (TPSA) is 101 Å². The van der Waals surface area contributed by atoms with Crippen molar-refractivity contribution in [2.24, 2.45) is 5.73 Å². The van der Waals surface area contributed by atoms with E-state index in [4.69, 9.17) is 5.73 Å². The Morgan fingerprint density at radius 1 is 1.08 bits per heavy atom. The van der Waals surface area contributed by atoms with Crippen LogP contribution in [0.2, 0.25) is 0 Å². The first-order valence-corrected chi connectivity index (χ1v) is 10.2. The van der Waals surface area contributed by atoms with E-state index >= 15 is 0 Å². The molecule has 2 rings (SSSR count). The van der Waals surface area contributed by atoms with Crippen molar-refractivity contribution in [2.45, 2.75) is 32.7 Å². The van der Waals surface area contributed by atoms with Crippen molar-refractivity contribution < 1.29 is 13.2 Å². The van der Waals surface area contributed by atoms with Crippen molar-refractivity contribution in [2.75, 3.05) is 15.8 Å². The zero-order chi connectivity index (χ0) is 19.2. The molecule has 2 aromatic carbocycles. The molecule has 0 saturated carbocycles. The van der Waals surface area contributed by atoms with Crippen LogP contribution in [0.5, 0.6) is 0 Å². The van der Waals surface area contributed by atoms with Crippen LogP contribution in [0, 0.1) is 6.92 Å². The molecule has 0 aliphatic carbocycles. The Balaban J connectivity index is 2.07. The van der Waals surface area contributed by atoms with Crippen LogP contribution in [0.4, 0.5) is 11.4 Å². The Hall–Kier alpha value is -2.38. The summed E-state index contributed by atoms with van der Waals surface area (Å²) < 4.78 is 26.5. The molecule has 2 aromatic rings. The van der Waals surface area contributed by atoms with E-state index in [1.54, 1.807) is 32.0 Å². The van der Waals surface area contributed by atoms with Gasteiger partial charge in [-0.25, -0.2) is 8.42 Å². The fraction of sp³-hybridized carbons (Fsp3) is 0.316. The van der Waals surface area contributed by atoms with Gasteiger partial charge in [0.25, 0.3) is 0 Å². The van der Waals surface area contributed by atoms with Gasteiger partial charge in [0.1, 0.15) is 0 Å². The normalized spacial score (nSPS) is 12.4. The van der Waals surface area contributed by atoms with E-state index in [0.29, 0.717) is 23.4 Å². The number of sulfonamides is 1. The van der Waals surface area contributed by atoms with Gasteiger partial charge in [-0.15, -0.1) is 0 Å². The summed E-state index contributed by atoms with van der Waals surface area (Å²) in [5.74, 6) is -0.174. The highest BCUT2D eigenvalue weighted by Gasteiger charge is 2.15. The maximum Gasteiger partial charge on any atom is 0.232 e. The molecule has 140 valence electrons. The fourth-order valence-electron chi connectivity index (χ4n) is 2.59. The molecule has 0 aromatic heterocycles. The smallest absolute Gasteiger partial charge is 0.232 e. The molecule has 1 atom stereocenters. The first-order chi connectivity index (χ1) is 12.3. The monoisotopic (exact) mass is 375 g/mol. The highest BCUT2D eigenvalue weighted by atomic mass is 32.2. The van der Waals surface area contributed by atoms with E-state index in [1.165, 1.54) is 0 Å². The van der Waals surface area contributed by atoms with Gasteiger partial charge >= 0.3 is 0 Å². The molecule has 0 aliphatic heterocycles. The van der Waals surface area contributed by atoms with Crippen molar-refractivity contribution in [3.63, 3.8) is 0 Å². The van der Waals surface area contributed by atoms with Crippen LogP contribution in [0.3, 0.4) is 0 Å². The second kappa shape index (κ2) is 8.82. The van der Waals surface area contributed by atoms with Gasteiger partial charge in [0, 0.05) is 18.2 Å². The predicted octanol–water partition coefficient (Wildman–Crippen LogP) is 3.18. The minimum absolute atomic E-state index is 0.0506. The van der Waals surface area contributed by atoms with Gasteiger partial charge in [-0.05, 0) is 36.6 Å². The lowest BCUT2D eigenvalue weighted by molar-refractivity contribution is -0.116. The summed E-state index contributed by atoms with van der Waals surface area (Å²) in [5, 5.41) is 2.82. The minimum atomic E-state index is -3.39. The largest absolute Gasteiger partial charge is 0.326 e. The van der Waals surface area contributed by atoms with Crippen molar-refractivity contribution in [3.8, 4) is 0 Å². The number of hydrogen-bond donors (Lipinski definition) is 3. The molecule has 0 spiro atoms. The summed E-state index contributed by atoms with van der Waals surface area (Å²) in [6.45, 7) is 3.56. The van der Waals surface area contributed by atoms with E-state index in [9.17, 15) is 13.2 Å². The highest BCUT2D eigenvalue weighted by molar-refractivity contribution is 7.92. The highest BCUT2D eigenvalue weighted by Crippen LogP contribution is 2.25. The summed E-state index contributed by atoms with van der Waals surface area (Å²) in [6.07, 6.45) is 0.664. The zero-order valence-corrected chi connectivity index (χ0v) is 15.8.